The molecule has 0 fully saturated rings. The number of amides is 2. The summed E-state index contributed by atoms with van der Waals surface area (Å²) >= 11 is 0. The van der Waals surface area contributed by atoms with Crippen molar-refractivity contribution in [2.75, 3.05) is 13.7 Å². The van der Waals surface area contributed by atoms with Crippen LogP contribution >= 0.6 is 0 Å². The van der Waals surface area contributed by atoms with E-state index in [-0.39, 0.29) is 0 Å². The maximum atomic E-state index is 12.2. The van der Waals surface area contributed by atoms with Gasteiger partial charge >= 0.3 is 0 Å². The lowest BCUT2D eigenvalue weighted by atomic mass is 10.1. The fourth-order valence-electron chi connectivity index (χ4n) is 2.14. The van der Waals surface area contributed by atoms with E-state index in [1.54, 1.807) is 55.6 Å². The van der Waals surface area contributed by atoms with Crippen molar-refractivity contribution in [3.8, 4) is 11.5 Å². The van der Waals surface area contributed by atoms with Crippen LogP contribution in [0.1, 0.15) is 41.0 Å². The van der Waals surface area contributed by atoms with Gasteiger partial charge in [-0.15, -0.1) is 0 Å². The fourth-order valence-corrected chi connectivity index (χ4v) is 2.14. The molecule has 0 saturated carbocycles. The molecule has 0 heterocycles. The molecule has 2 amide bonds. The summed E-state index contributed by atoms with van der Waals surface area (Å²) < 4.78 is 10.7. The van der Waals surface area contributed by atoms with Crippen molar-refractivity contribution < 1.29 is 19.1 Å². The first-order valence-corrected chi connectivity index (χ1v) is 8.47. The molecule has 26 heavy (non-hydrogen) atoms. The topological polar surface area (TPSA) is 76.7 Å². The first-order chi connectivity index (χ1) is 12.5. The van der Waals surface area contributed by atoms with E-state index >= 15 is 0 Å². The van der Waals surface area contributed by atoms with Gasteiger partial charge in [0.2, 0.25) is 0 Å². The van der Waals surface area contributed by atoms with Crippen LogP contribution in [-0.4, -0.2) is 25.5 Å². The van der Waals surface area contributed by atoms with Crippen LogP contribution in [0.2, 0.25) is 0 Å². The van der Waals surface area contributed by atoms with Crippen LogP contribution in [0.4, 0.5) is 0 Å². The van der Waals surface area contributed by atoms with Crippen LogP contribution in [0.5, 0.6) is 11.5 Å². The second-order valence-electron chi connectivity index (χ2n) is 6.20. The quantitative estimate of drug-likeness (QED) is 0.747. The summed E-state index contributed by atoms with van der Waals surface area (Å²) in [6, 6.07) is 13.4. The van der Waals surface area contributed by atoms with Crippen molar-refractivity contribution in [3.63, 3.8) is 0 Å². The van der Waals surface area contributed by atoms with Gasteiger partial charge in [0.15, 0.2) is 0 Å². The summed E-state index contributed by atoms with van der Waals surface area (Å²) in [7, 11) is 1.55. The lowest BCUT2D eigenvalue weighted by molar-refractivity contribution is 0.0846. The van der Waals surface area contributed by atoms with Gasteiger partial charge in [0.05, 0.1) is 13.7 Å². The summed E-state index contributed by atoms with van der Waals surface area (Å²) in [4.78, 5) is 24.3. The zero-order valence-electron chi connectivity index (χ0n) is 15.2. The number of nitrogens with one attached hydrogen (secondary N) is 2. The molecule has 0 aromatic heterocycles. The van der Waals surface area contributed by atoms with Gasteiger partial charge in [0.25, 0.3) is 11.8 Å². The van der Waals surface area contributed by atoms with Crippen molar-refractivity contribution in [2.24, 2.45) is 5.92 Å². The Morgan fingerprint density at radius 2 is 1.58 bits per heavy atom. The van der Waals surface area contributed by atoms with Crippen molar-refractivity contribution in [2.45, 2.75) is 20.3 Å². The van der Waals surface area contributed by atoms with E-state index in [9.17, 15) is 9.59 Å². The van der Waals surface area contributed by atoms with Crippen molar-refractivity contribution in [3.05, 3.63) is 59.7 Å². The Morgan fingerprint density at radius 3 is 2.19 bits per heavy atom. The van der Waals surface area contributed by atoms with Gasteiger partial charge in [0, 0.05) is 11.1 Å². The molecular formula is C20H24N2O4. The highest BCUT2D eigenvalue weighted by Gasteiger charge is 2.10. The predicted octanol–water partition coefficient (Wildman–Crippen LogP) is 3.19. The van der Waals surface area contributed by atoms with Gasteiger partial charge in [-0.3, -0.25) is 20.4 Å². The first kappa shape index (κ1) is 19.3. The van der Waals surface area contributed by atoms with E-state index in [0.29, 0.717) is 35.2 Å². The van der Waals surface area contributed by atoms with E-state index in [0.717, 1.165) is 6.42 Å². The Morgan fingerprint density at radius 1 is 0.923 bits per heavy atom. The lowest BCUT2D eigenvalue weighted by Gasteiger charge is -2.10. The molecule has 0 bridgehead atoms. The molecule has 0 unspecified atom stereocenters. The molecule has 2 rings (SSSR count). The standard InChI is InChI=1S/C20H24N2O4/c1-14(2)11-12-26-18-6-4-5-16(13-18)20(24)22-21-19(23)15-7-9-17(25-3)10-8-15/h4-10,13-14H,11-12H2,1-3H3,(H,21,23)(H,22,24). The Balaban J connectivity index is 1.89. The number of carbonyl (C=O) groups excluding carboxylic acids is 2. The third kappa shape index (κ3) is 5.81. The largest absolute Gasteiger partial charge is 0.497 e. The van der Waals surface area contributed by atoms with Gasteiger partial charge in [-0.05, 0) is 54.8 Å². The normalized spacial score (nSPS) is 10.3. The van der Waals surface area contributed by atoms with E-state index in [1.807, 2.05) is 0 Å². The van der Waals surface area contributed by atoms with E-state index in [2.05, 4.69) is 24.7 Å². The van der Waals surface area contributed by atoms with Crippen LogP contribution in [0, 0.1) is 5.92 Å². The summed E-state index contributed by atoms with van der Waals surface area (Å²) in [5, 5.41) is 0. The van der Waals surface area contributed by atoms with Gasteiger partial charge in [-0.1, -0.05) is 19.9 Å². The Bertz CT molecular complexity index is 742. The molecule has 0 aliphatic carbocycles. The minimum atomic E-state index is -0.416. The molecule has 2 N–H and O–H groups in total. The summed E-state index contributed by atoms with van der Waals surface area (Å²) in [6.07, 6.45) is 0.939. The zero-order valence-corrected chi connectivity index (χ0v) is 15.2. The fraction of sp³-hybridized carbons (Fsp3) is 0.300. The van der Waals surface area contributed by atoms with Crippen LogP contribution in [-0.2, 0) is 0 Å². The number of methoxy groups -OCH3 is 1. The van der Waals surface area contributed by atoms with Crippen LogP contribution in [0.25, 0.3) is 0 Å². The van der Waals surface area contributed by atoms with E-state index < -0.39 is 11.8 Å². The van der Waals surface area contributed by atoms with Gasteiger partial charge in [0.1, 0.15) is 11.5 Å². The third-order valence-electron chi connectivity index (χ3n) is 3.70. The third-order valence-corrected chi connectivity index (χ3v) is 3.70. The molecule has 0 aliphatic heterocycles. The second kappa shape index (κ2) is 9.46. The number of ether oxygens (including phenoxy) is 2. The van der Waals surface area contributed by atoms with Crippen LogP contribution in [0.15, 0.2) is 48.5 Å². The monoisotopic (exact) mass is 356 g/mol. The molecule has 0 aliphatic rings. The van der Waals surface area contributed by atoms with Crippen LogP contribution in [0.3, 0.4) is 0 Å². The highest BCUT2D eigenvalue weighted by molar-refractivity contribution is 5.99. The highest BCUT2D eigenvalue weighted by atomic mass is 16.5. The molecule has 2 aromatic rings. The van der Waals surface area contributed by atoms with Gasteiger partial charge < -0.3 is 9.47 Å². The maximum Gasteiger partial charge on any atom is 0.269 e. The number of hydrogen-bond donors (Lipinski definition) is 2. The van der Waals surface area contributed by atoms with Gasteiger partial charge in [-0.25, -0.2) is 0 Å². The predicted molar refractivity (Wildman–Crippen MR) is 99.3 cm³/mol. The Hall–Kier alpha value is -3.02. The SMILES string of the molecule is COc1ccc(C(=O)NNC(=O)c2cccc(OCCC(C)C)c2)cc1. The molecule has 6 nitrogen and oxygen atoms in total. The number of carbonyl (C=O) groups is 2. The minimum Gasteiger partial charge on any atom is -0.497 e. The van der Waals surface area contributed by atoms with Crippen molar-refractivity contribution >= 4 is 11.8 Å². The van der Waals surface area contributed by atoms with Crippen LogP contribution < -0.4 is 20.3 Å². The minimum absolute atomic E-state index is 0.405. The Kier molecular flexibility index (Phi) is 7.02. The highest BCUT2D eigenvalue weighted by Crippen LogP contribution is 2.14. The van der Waals surface area contributed by atoms with Crippen molar-refractivity contribution in [1.82, 2.24) is 10.9 Å². The van der Waals surface area contributed by atoms with Gasteiger partial charge in [-0.2, -0.15) is 0 Å². The summed E-state index contributed by atoms with van der Waals surface area (Å²) in [6.45, 7) is 4.84. The zero-order chi connectivity index (χ0) is 18.9. The molecule has 0 saturated heterocycles. The second-order valence-corrected chi connectivity index (χ2v) is 6.20. The first-order valence-electron chi connectivity index (χ1n) is 8.47. The lowest BCUT2D eigenvalue weighted by Crippen LogP contribution is -2.41. The number of benzene rings is 2. The average molecular weight is 356 g/mol. The summed E-state index contributed by atoms with van der Waals surface area (Å²) in [5.74, 6) is 1.00. The number of hydrogen-bond acceptors (Lipinski definition) is 4. The molecular weight excluding hydrogens is 332 g/mol. The molecule has 0 atom stereocenters. The number of rotatable bonds is 7. The molecule has 0 spiro atoms. The van der Waals surface area contributed by atoms with E-state index in [4.69, 9.17) is 9.47 Å². The Labute approximate surface area is 153 Å². The smallest absolute Gasteiger partial charge is 0.269 e. The molecule has 6 heteroatoms. The summed E-state index contributed by atoms with van der Waals surface area (Å²) in [5.41, 5.74) is 5.61. The average Bonchev–Trinajstić information content (AvgIpc) is 2.66. The van der Waals surface area contributed by atoms with Crippen molar-refractivity contribution in [1.29, 1.82) is 0 Å². The maximum absolute atomic E-state index is 12.2. The van der Waals surface area contributed by atoms with E-state index in [1.165, 1.54) is 0 Å². The molecule has 138 valence electrons. The molecule has 2 aromatic carbocycles. The molecule has 0 radical (unpaired) electrons. The number of hydrazine groups is 1.